The third-order valence-electron chi connectivity index (χ3n) is 2.77. The zero-order valence-electron chi connectivity index (χ0n) is 9.05. The third-order valence-corrected chi connectivity index (χ3v) is 3.28. The molecule has 0 aliphatic heterocycles. The summed E-state index contributed by atoms with van der Waals surface area (Å²) in [4.78, 5) is 11.6. The number of carbonyl (C=O) groups is 1. The molecule has 1 amide bonds. The Balaban J connectivity index is 1.94. The lowest BCUT2D eigenvalue weighted by Gasteiger charge is -2.10. The second kappa shape index (κ2) is 5.00. The normalized spacial score (nSPS) is 16.6. The highest BCUT2D eigenvalue weighted by Crippen LogP contribution is 2.35. The number of alkyl halides is 1. The maximum atomic E-state index is 13.3. The van der Waals surface area contributed by atoms with E-state index in [-0.39, 0.29) is 10.9 Å². The van der Waals surface area contributed by atoms with E-state index < -0.39 is 17.5 Å². The van der Waals surface area contributed by atoms with E-state index in [0.717, 1.165) is 25.0 Å². The number of carbonyl (C=O) groups excluding carboxylic acids is 1. The first-order chi connectivity index (χ1) is 8.08. The third kappa shape index (κ3) is 3.16. The molecule has 0 bridgehead atoms. The van der Waals surface area contributed by atoms with Crippen molar-refractivity contribution >= 4 is 17.5 Å². The van der Waals surface area contributed by atoms with Crippen LogP contribution < -0.4 is 5.32 Å². The van der Waals surface area contributed by atoms with Crippen molar-refractivity contribution in [2.75, 3.05) is 6.54 Å². The Morgan fingerprint density at radius 2 is 2.18 bits per heavy atom. The average Bonchev–Trinajstić information content (AvgIpc) is 3.09. The molecule has 5 heteroatoms. The number of halogens is 3. The fourth-order valence-electron chi connectivity index (χ4n) is 1.58. The quantitative estimate of drug-likeness (QED) is 0.828. The molecule has 0 heterocycles. The molecule has 1 saturated carbocycles. The summed E-state index contributed by atoms with van der Waals surface area (Å²) >= 11 is 6.01. The predicted molar refractivity (Wildman–Crippen MR) is 61.1 cm³/mol. The van der Waals surface area contributed by atoms with Crippen molar-refractivity contribution in [2.45, 2.75) is 18.2 Å². The van der Waals surface area contributed by atoms with Crippen LogP contribution in [-0.4, -0.2) is 17.8 Å². The van der Waals surface area contributed by atoms with Gasteiger partial charge in [-0.05, 0) is 30.9 Å². The molecule has 1 atom stereocenters. The lowest BCUT2D eigenvalue weighted by Crippen LogP contribution is -2.31. The van der Waals surface area contributed by atoms with Gasteiger partial charge in [-0.2, -0.15) is 0 Å². The summed E-state index contributed by atoms with van der Waals surface area (Å²) < 4.78 is 25.9. The molecule has 1 aromatic rings. The molecule has 2 nitrogen and oxygen atoms in total. The van der Waals surface area contributed by atoms with Gasteiger partial charge in [0.25, 0.3) is 5.91 Å². The molecule has 1 N–H and O–H groups in total. The second-order valence-electron chi connectivity index (χ2n) is 4.19. The first kappa shape index (κ1) is 12.3. The van der Waals surface area contributed by atoms with Crippen LogP contribution in [0.3, 0.4) is 0 Å². The SMILES string of the molecule is O=C(NCC(Cl)C1CC1)c1ccc(F)cc1F. The summed E-state index contributed by atoms with van der Waals surface area (Å²) in [6.07, 6.45) is 2.16. The van der Waals surface area contributed by atoms with Crippen molar-refractivity contribution in [2.24, 2.45) is 5.92 Å². The van der Waals surface area contributed by atoms with Crippen molar-refractivity contribution in [3.05, 3.63) is 35.4 Å². The van der Waals surface area contributed by atoms with Crippen LogP contribution in [0, 0.1) is 17.6 Å². The predicted octanol–water partition coefficient (Wildman–Crippen LogP) is 2.71. The molecule has 1 aromatic carbocycles. The average molecular weight is 260 g/mol. The minimum Gasteiger partial charge on any atom is -0.350 e. The van der Waals surface area contributed by atoms with Crippen molar-refractivity contribution < 1.29 is 13.6 Å². The van der Waals surface area contributed by atoms with Crippen LogP contribution in [0.25, 0.3) is 0 Å². The summed E-state index contributed by atoms with van der Waals surface area (Å²) in [7, 11) is 0. The van der Waals surface area contributed by atoms with Gasteiger partial charge >= 0.3 is 0 Å². The molecule has 1 fully saturated rings. The Kier molecular flexibility index (Phi) is 3.62. The van der Waals surface area contributed by atoms with Gasteiger partial charge in [0.1, 0.15) is 11.6 Å². The van der Waals surface area contributed by atoms with Gasteiger partial charge < -0.3 is 5.32 Å². The van der Waals surface area contributed by atoms with E-state index in [2.05, 4.69) is 5.32 Å². The van der Waals surface area contributed by atoms with Crippen molar-refractivity contribution in [3.8, 4) is 0 Å². The number of benzene rings is 1. The Labute approximate surface area is 103 Å². The minimum absolute atomic E-state index is 0.109. The fourth-order valence-corrected chi connectivity index (χ4v) is 1.91. The van der Waals surface area contributed by atoms with Gasteiger partial charge in [-0.15, -0.1) is 11.6 Å². The highest BCUT2D eigenvalue weighted by Gasteiger charge is 2.29. The lowest BCUT2D eigenvalue weighted by atomic mass is 10.2. The second-order valence-corrected chi connectivity index (χ2v) is 4.75. The molecule has 17 heavy (non-hydrogen) atoms. The highest BCUT2D eigenvalue weighted by atomic mass is 35.5. The number of hydrogen-bond acceptors (Lipinski definition) is 1. The first-order valence-electron chi connectivity index (χ1n) is 5.45. The Hall–Kier alpha value is -1.16. The van der Waals surface area contributed by atoms with Gasteiger partial charge in [0.2, 0.25) is 0 Å². The molecule has 2 rings (SSSR count). The van der Waals surface area contributed by atoms with Crippen molar-refractivity contribution in [1.82, 2.24) is 5.32 Å². The smallest absolute Gasteiger partial charge is 0.254 e. The Bertz CT molecular complexity index is 435. The molecule has 92 valence electrons. The van der Waals surface area contributed by atoms with Gasteiger partial charge in [-0.3, -0.25) is 4.79 Å². The molecule has 1 unspecified atom stereocenters. The topological polar surface area (TPSA) is 29.1 Å². The molecular weight excluding hydrogens is 248 g/mol. The van der Waals surface area contributed by atoms with E-state index in [0.29, 0.717) is 18.5 Å². The summed E-state index contributed by atoms with van der Waals surface area (Å²) in [6.45, 7) is 0.307. The van der Waals surface area contributed by atoms with Crippen LogP contribution in [0.4, 0.5) is 8.78 Å². The largest absolute Gasteiger partial charge is 0.350 e. The molecule has 1 aliphatic carbocycles. The van der Waals surface area contributed by atoms with Crippen LogP contribution in [0.15, 0.2) is 18.2 Å². The van der Waals surface area contributed by atoms with Crippen LogP contribution in [0.5, 0.6) is 0 Å². The Morgan fingerprint density at radius 3 is 2.76 bits per heavy atom. The van der Waals surface area contributed by atoms with Gasteiger partial charge in [-0.25, -0.2) is 8.78 Å². The van der Waals surface area contributed by atoms with E-state index in [1.54, 1.807) is 0 Å². The zero-order chi connectivity index (χ0) is 12.4. The first-order valence-corrected chi connectivity index (χ1v) is 5.89. The van der Waals surface area contributed by atoms with E-state index in [1.165, 1.54) is 0 Å². The lowest BCUT2D eigenvalue weighted by molar-refractivity contribution is 0.0949. The van der Waals surface area contributed by atoms with Crippen LogP contribution in [0.1, 0.15) is 23.2 Å². The molecule has 0 radical (unpaired) electrons. The van der Waals surface area contributed by atoms with E-state index in [9.17, 15) is 13.6 Å². The number of amides is 1. The van der Waals surface area contributed by atoms with E-state index in [4.69, 9.17) is 11.6 Å². The van der Waals surface area contributed by atoms with Gasteiger partial charge in [0, 0.05) is 12.6 Å². The van der Waals surface area contributed by atoms with Gasteiger partial charge in [0.05, 0.1) is 10.9 Å². The van der Waals surface area contributed by atoms with Gasteiger partial charge in [-0.1, -0.05) is 0 Å². The van der Waals surface area contributed by atoms with Crippen LogP contribution >= 0.6 is 11.6 Å². The summed E-state index contributed by atoms with van der Waals surface area (Å²) in [6, 6.07) is 2.87. The van der Waals surface area contributed by atoms with E-state index in [1.807, 2.05) is 0 Å². The monoisotopic (exact) mass is 259 g/mol. The standard InChI is InChI=1S/C12H12ClF2NO/c13-10(7-1-2-7)6-16-12(17)9-4-3-8(14)5-11(9)15/h3-5,7,10H,1-2,6H2,(H,16,17). The maximum Gasteiger partial charge on any atom is 0.254 e. The number of hydrogen-bond donors (Lipinski definition) is 1. The highest BCUT2D eigenvalue weighted by molar-refractivity contribution is 6.21. The summed E-state index contributed by atoms with van der Waals surface area (Å²) in [5.41, 5.74) is -0.161. The van der Waals surface area contributed by atoms with Gasteiger partial charge in [0.15, 0.2) is 0 Å². The van der Waals surface area contributed by atoms with E-state index >= 15 is 0 Å². The molecular formula is C12H12ClF2NO. The Morgan fingerprint density at radius 1 is 1.47 bits per heavy atom. The maximum absolute atomic E-state index is 13.3. The van der Waals surface area contributed by atoms with Crippen molar-refractivity contribution in [3.63, 3.8) is 0 Å². The van der Waals surface area contributed by atoms with Crippen LogP contribution in [0.2, 0.25) is 0 Å². The fraction of sp³-hybridized carbons (Fsp3) is 0.417. The molecule has 1 aliphatic rings. The number of rotatable bonds is 4. The molecule has 0 saturated heterocycles. The summed E-state index contributed by atoms with van der Waals surface area (Å²) in [5, 5.41) is 2.44. The summed E-state index contributed by atoms with van der Waals surface area (Å²) in [5.74, 6) is -1.67. The minimum atomic E-state index is -0.861. The van der Waals surface area contributed by atoms with Crippen molar-refractivity contribution in [1.29, 1.82) is 0 Å². The zero-order valence-corrected chi connectivity index (χ0v) is 9.81. The number of nitrogens with one attached hydrogen (secondary N) is 1. The molecule has 0 aromatic heterocycles. The van der Waals surface area contributed by atoms with Crippen LogP contribution in [-0.2, 0) is 0 Å². The molecule has 0 spiro atoms.